The third-order valence-electron chi connectivity index (χ3n) is 3.62. The first-order chi connectivity index (χ1) is 8.84. The molecule has 0 saturated carbocycles. The third-order valence-corrected chi connectivity index (χ3v) is 3.62. The predicted octanol–water partition coefficient (Wildman–Crippen LogP) is 1.99. The number of rotatable bonds is 2. The van der Waals surface area contributed by atoms with Crippen molar-refractivity contribution in [2.75, 3.05) is 6.54 Å². The van der Waals surface area contributed by atoms with Crippen molar-refractivity contribution in [3.8, 4) is 0 Å². The number of aromatic nitrogens is 3. The minimum atomic E-state index is 0.377. The SMILES string of the molecule is C[C@@H](c1cccnc1)N1CCc2cncnc2C1. The van der Waals surface area contributed by atoms with Crippen LogP contribution in [0.15, 0.2) is 37.1 Å². The maximum absolute atomic E-state index is 4.38. The lowest BCUT2D eigenvalue weighted by Gasteiger charge is -2.32. The van der Waals surface area contributed by atoms with Crippen molar-refractivity contribution in [2.45, 2.75) is 25.9 Å². The fraction of sp³-hybridized carbons (Fsp3) is 0.357. The van der Waals surface area contributed by atoms with E-state index in [9.17, 15) is 0 Å². The van der Waals surface area contributed by atoms with Crippen molar-refractivity contribution in [3.05, 3.63) is 53.9 Å². The lowest BCUT2D eigenvalue weighted by molar-refractivity contribution is 0.188. The zero-order valence-corrected chi connectivity index (χ0v) is 10.5. The van der Waals surface area contributed by atoms with E-state index in [4.69, 9.17) is 0 Å². The Hall–Kier alpha value is -1.81. The first kappa shape index (κ1) is 11.3. The lowest BCUT2D eigenvalue weighted by atomic mass is 10.0. The Morgan fingerprint density at radius 3 is 3.06 bits per heavy atom. The van der Waals surface area contributed by atoms with E-state index in [1.807, 2.05) is 24.7 Å². The number of pyridine rings is 1. The minimum absolute atomic E-state index is 0.377. The van der Waals surface area contributed by atoms with Crippen LogP contribution in [0.1, 0.15) is 29.8 Å². The summed E-state index contributed by atoms with van der Waals surface area (Å²) in [4.78, 5) is 15.1. The van der Waals surface area contributed by atoms with Gasteiger partial charge in [-0.25, -0.2) is 9.97 Å². The van der Waals surface area contributed by atoms with Crippen LogP contribution in [0.2, 0.25) is 0 Å². The van der Waals surface area contributed by atoms with Crippen LogP contribution in [0.5, 0.6) is 0 Å². The minimum Gasteiger partial charge on any atom is -0.290 e. The highest BCUT2D eigenvalue weighted by Crippen LogP contribution is 2.25. The Balaban J connectivity index is 1.80. The molecular formula is C14H16N4. The van der Waals surface area contributed by atoms with Crippen molar-refractivity contribution in [1.29, 1.82) is 0 Å². The highest BCUT2D eigenvalue weighted by Gasteiger charge is 2.22. The molecule has 2 aromatic heterocycles. The van der Waals surface area contributed by atoms with Gasteiger partial charge in [0.2, 0.25) is 0 Å². The van der Waals surface area contributed by atoms with Gasteiger partial charge in [0.1, 0.15) is 6.33 Å². The van der Waals surface area contributed by atoms with Gasteiger partial charge in [0.25, 0.3) is 0 Å². The molecule has 0 amide bonds. The molecule has 0 aliphatic carbocycles. The van der Waals surface area contributed by atoms with Gasteiger partial charge in [-0.05, 0) is 30.5 Å². The zero-order chi connectivity index (χ0) is 12.4. The van der Waals surface area contributed by atoms with Crippen LogP contribution in [0, 0.1) is 0 Å². The van der Waals surface area contributed by atoms with Gasteiger partial charge < -0.3 is 0 Å². The summed E-state index contributed by atoms with van der Waals surface area (Å²) in [6.45, 7) is 4.17. The summed E-state index contributed by atoms with van der Waals surface area (Å²) in [5, 5.41) is 0. The molecule has 3 heterocycles. The molecule has 92 valence electrons. The van der Waals surface area contributed by atoms with Crippen LogP contribution in [0.25, 0.3) is 0 Å². The quantitative estimate of drug-likeness (QED) is 0.805. The first-order valence-corrected chi connectivity index (χ1v) is 6.26. The molecule has 0 N–H and O–H groups in total. The summed E-state index contributed by atoms with van der Waals surface area (Å²) in [5.74, 6) is 0. The predicted molar refractivity (Wildman–Crippen MR) is 68.8 cm³/mol. The normalized spacial score (nSPS) is 17.2. The summed E-state index contributed by atoms with van der Waals surface area (Å²) in [6.07, 6.45) is 8.36. The second kappa shape index (κ2) is 4.82. The summed E-state index contributed by atoms with van der Waals surface area (Å²) in [6, 6.07) is 4.50. The molecule has 0 bridgehead atoms. The average Bonchev–Trinajstić information content (AvgIpc) is 2.47. The molecule has 0 aromatic carbocycles. The molecule has 3 rings (SSSR count). The molecule has 0 radical (unpaired) electrons. The smallest absolute Gasteiger partial charge is 0.115 e. The van der Waals surface area contributed by atoms with Crippen molar-refractivity contribution in [3.63, 3.8) is 0 Å². The van der Waals surface area contributed by atoms with E-state index in [0.29, 0.717) is 6.04 Å². The number of hydrogen-bond donors (Lipinski definition) is 0. The lowest BCUT2D eigenvalue weighted by Crippen LogP contribution is -2.33. The summed E-state index contributed by atoms with van der Waals surface area (Å²) in [7, 11) is 0. The standard InChI is InChI=1S/C14H16N4/c1-11(12-3-2-5-15-7-12)18-6-4-13-8-16-10-17-14(13)9-18/h2-3,5,7-8,10-11H,4,6,9H2,1H3/t11-/m0/s1. The molecule has 1 aliphatic heterocycles. The Kier molecular flexibility index (Phi) is 3.02. The Morgan fingerprint density at radius 1 is 1.28 bits per heavy atom. The first-order valence-electron chi connectivity index (χ1n) is 6.26. The fourth-order valence-electron chi connectivity index (χ4n) is 2.43. The molecule has 0 unspecified atom stereocenters. The summed E-state index contributed by atoms with van der Waals surface area (Å²) >= 11 is 0. The number of nitrogens with zero attached hydrogens (tertiary/aromatic N) is 4. The van der Waals surface area contributed by atoms with Crippen molar-refractivity contribution < 1.29 is 0 Å². The van der Waals surface area contributed by atoms with E-state index in [1.165, 1.54) is 11.1 Å². The highest BCUT2D eigenvalue weighted by atomic mass is 15.2. The van der Waals surface area contributed by atoms with Gasteiger partial charge in [0, 0.05) is 37.7 Å². The highest BCUT2D eigenvalue weighted by molar-refractivity contribution is 5.21. The molecule has 0 fully saturated rings. The van der Waals surface area contributed by atoms with E-state index in [0.717, 1.165) is 25.2 Å². The summed E-state index contributed by atoms with van der Waals surface area (Å²) < 4.78 is 0. The van der Waals surface area contributed by atoms with Gasteiger partial charge in [0.15, 0.2) is 0 Å². The Bertz CT molecular complexity index is 526. The monoisotopic (exact) mass is 240 g/mol. The van der Waals surface area contributed by atoms with E-state index in [2.05, 4.69) is 32.8 Å². The van der Waals surface area contributed by atoms with Crippen LogP contribution < -0.4 is 0 Å². The van der Waals surface area contributed by atoms with E-state index in [1.54, 1.807) is 6.33 Å². The van der Waals surface area contributed by atoms with Gasteiger partial charge in [-0.2, -0.15) is 0 Å². The van der Waals surface area contributed by atoms with Gasteiger partial charge in [-0.15, -0.1) is 0 Å². The van der Waals surface area contributed by atoms with Gasteiger partial charge >= 0.3 is 0 Å². The van der Waals surface area contributed by atoms with Crippen LogP contribution >= 0.6 is 0 Å². The molecule has 2 aromatic rings. The Labute approximate surface area is 107 Å². The molecular weight excluding hydrogens is 224 g/mol. The second-order valence-corrected chi connectivity index (χ2v) is 4.68. The average molecular weight is 240 g/mol. The van der Waals surface area contributed by atoms with Gasteiger partial charge in [-0.1, -0.05) is 6.07 Å². The van der Waals surface area contributed by atoms with E-state index >= 15 is 0 Å². The van der Waals surface area contributed by atoms with Crippen LogP contribution in [-0.2, 0) is 13.0 Å². The molecule has 0 spiro atoms. The van der Waals surface area contributed by atoms with Gasteiger partial charge in [-0.3, -0.25) is 9.88 Å². The molecule has 0 saturated heterocycles. The maximum Gasteiger partial charge on any atom is 0.115 e. The van der Waals surface area contributed by atoms with Crippen molar-refractivity contribution in [1.82, 2.24) is 19.9 Å². The summed E-state index contributed by atoms with van der Waals surface area (Å²) in [5.41, 5.74) is 3.70. The number of fused-ring (bicyclic) bond motifs is 1. The Morgan fingerprint density at radius 2 is 2.22 bits per heavy atom. The largest absolute Gasteiger partial charge is 0.290 e. The van der Waals surface area contributed by atoms with Crippen molar-refractivity contribution in [2.24, 2.45) is 0 Å². The van der Waals surface area contributed by atoms with Gasteiger partial charge in [0.05, 0.1) is 5.69 Å². The van der Waals surface area contributed by atoms with Crippen LogP contribution in [0.3, 0.4) is 0 Å². The molecule has 1 aliphatic rings. The molecule has 1 atom stereocenters. The second-order valence-electron chi connectivity index (χ2n) is 4.68. The zero-order valence-electron chi connectivity index (χ0n) is 10.5. The molecule has 4 heteroatoms. The molecule has 4 nitrogen and oxygen atoms in total. The fourth-order valence-corrected chi connectivity index (χ4v) is 2.43. The maximum atomic E-state index is 4.38. The van der Waals surface area contributed by atoms with E-state index in [-0.39, 0.29) is 0 Å². The number of hydrogen-bond acceptors (Lipinski definition) is 4. The third kappa shape index (κ3) is 2.11. The van der Waals surface area contributed by atoms with Crippen molar-refractivity contribution >= 4 is 0 Å². The van der Waals surface area contributed by atoms with E-state index < -0.39 is 0 Å². The molecule has 18 heavy (non-hydrogen) atoms. The van der Waals surface area contributed by atoms with Crippen LogP contribution in [0.4, 0.5) is 0 Å². The topological polar surface area (TPSA) is 41.9 Å². The van der Waals surface area contributed by atoms with Crippen LogP contribution in [-0.4, -0.2) is 26.4 Å².